The molecule has 3 N–H and O–H groups in total. The molecule has 0 amide bonds. The van der Waals surface area contributed by atoms with Crippen molar-refractivity contribution in [3.8, 4) is 0 Å². The molecule has 4 nitrogen and oxygen atoms in total. The van der Waals surface area contributed by atoms with Crippen LogP contribution in [-0.4, -0.2) is 18.7 Å². The van der Waals surface area contributed by atoms with Gasteiger partial charge < -0.3 is 5.73 Å². The van der Waals surface area contributed by atoms with E-state index < -0.39 is 21.1 Å². The summed E-state index contributed by atoms with van der Waals surface area (Å²) in [5.74, 6) is -0.644. The van der Waals surface area contributed by atoms with Crippen LogP contribution in [0.3, 0.4) is 0 Å². The zero-order chi connectivity index (χ0) is 13.2. The van der Waals surface area contributed by atoms with Crippen LogP contribution in [0, 0.1) is 12.7 Å². The average Bonchev–Trinajstić information content (AvgIpc) is 2.21. The van der Waals surface area contributed by atoms with Crippen LogP contribution in [-0.2, 0) is 10.0 Å². The van der Waals surface area contributed by atoms with Crippen molar-refractivity contribution in [3.63, 3.8) is 0 Å². The first-order valence-corrected chi connectivity index (χ1v) is 6.76. The molecule has 0 aliphatic carbocycles. The fraction of sp³-hybridized carbons (Fsp3) is 0.300. The van der Waals surface area contributed by atoms with Gasteiger partial charge in [-0.15, -0.1) is 0 Å². The minimum atomic E-state index is -3.81. The number of sulfonamides is 1. The Morgan fingerprint density at radius 1 is 1.53 bits per heavy atom. The molecule has 0 heterocycles. The highest BCUT2D eigenvalue weighted by Gasteiger charge is 2.24. The van der Waals surface area contributed by atoms with Crippen molar-refractivity contribution in [2.24, 2.45) is 5.73 Å². The third-order valence-corrected chi connectivity index (χ3v) is 4.43. The van der Waals surface area contributed by atoms with E-state index >= 15 is 0 Å². The number of nitrogens with one attached hydrogen (secondary N) is 1. The Kier molecular flexibility index (Phi) is 4.05. The number of benzene rings is 1. The molecular weight excluding hydrogens is 263 g/mol. The Morgan fingerprint density at radius 3 is 2.65 bits per heavy atom. The molecule has 1 atom stereocenters. The van der Waals surface area contributed by atoms with Crippen molar-refractivity contribution in [1.82, 2.24) is 0 Å². The quantitative estimate of drug-likeness (QED) is 0.818. The number of aryl methyl sites for hydroxylation is 1. The van der Waals surface area contributed by atoms with Gasteiger partial charge in [-0.2, -0.15) is 0 Å². The van der Waals surface area contributed by atoms with E-state index in [4.69, 9.17) is 5.73 Å². The summed E-state index contributed by atoms with van der Waals surface area (Å²) >= 11 is 4.61. The van der Waals surface area contributed by atoms with Crippen molar-refractivity contribution >= 4 is 32.9 Å². The summed E-state index contributed by atoms with van der Waals surface area (Å²) < 4.78 is 39.0. The summed E-state index contributed by atoms with van der Waals surface area (Å²) in [6, 6.07) is 4.14. The van der Waals surface area contributed by atoms with Gasteiger partial charge in [0.25, 0.3) is 0 Å². The van der Waals surface area contributed by atoms with Gasteiger partial charge in [-0.1, -0.05) is 18.3 Å². The second-order valence-corrected chi connectivity index (χ2v) is 6.15. The van der Waals surface area contributed by atoms with Crippen molar-refractivity contribution in [3.05, 3.63) is 29.6 Å². The van der Waals surface area contributed by atoms with Gasteiger partial charge in [0.2, 0.25) is 10.0 Å². The summed E-state index contributed by atoms with van der Waals surface area (Å²) in [6.07, 6.45) is 0. The fourth-order valence-corrected chi connectivity index (χ4v) is 2.44. The normalized spacial score (nSPS) is 13.1. The summed E-state index contributed by atoms with van der Waals surface area (Å²) in [4.78, 5) is -0.162. The second-order valence-electron chi connectivity index (χ2n) is 3.67. The zero-order valence-corrected chi connectivity index (χ0v) is 11.0. The molecule has 0 aromatic heterocycles. The van der Waals surface area contributed by atoms with Crippen molar-refractivity contribution in [2.45, 2.75) is 19.1 Å². The van der Waals surface area contributed by atoms with Gasteiger partial charge in [-0.25, -0.2) is 12.8 Å². The highest BCUT2D eigenvalue weighted by molar-refractivity contribution is 7.95. The maximum absolute atomic E-state index is 13.4. The van der Waals surface area contributed by atoms with E-state index in [-0.39, 0.29) is 10.7 Å². The van der Waals surface area contributed by atoms with E-state index in [0.29, 0.717) is 0 Å². The lowest BCUT2D eigenvalue weighted by Gasteiger charge is -2.14. The van der Waals surface area contributed by atoms with Gasteiger partial charge in [-0.3, -0.25) is 4.72 Å². The van der Waals surface area contributed by atoms with Crippen LogP contribution in [0.2, 0.25) is 0 Å². The molecule has 0 spiro atoms. The Morgan fingerprint density at radius 2 is 2.12 bits per heavy atom. The molecule has 0 saturated carbocycles. The second kappa shape index (κ2) is 4.97. The smallest absolute Gasteiger partial charge is 0.241 e. The van der Waals surface area contributed by atoms with Crippen LogP contribution >= 0.6 is 12.2 Å². The van der Waals surface area contributed by atoms with E-state index in [2.05, 4.69) is 16.9 Å². The molecule has 1 aromatic rings. The minimum absolute atomic E-state index is 0.104. The average molecular weight is 276 g/mol. The first kappa shape index (κ1) is 13.9. The molecule has 0 saturated heterocycles. The van der Waals surface area contributed by atoms with E-state index in [1.807, 2.05) is 0 Å². The molecule has 1 aromatic carbocycles. The van der Waals surface area contributed by atoms with Crippen molar-refractivity contribution in [1.29, 1.82) is 0 Å². The van der Waals surface area contributed by atoms with E-state index in [1.54, 1.807) is 13.0 Å². The largest absolute Gasteiger partial charge is 0.392 e. The van der Waals surface area contributed by atoms with Gasteiger partial charge in [0, 0.05) is 0 Å². The van der Waals surface area contributed by atoms with Gasteiger partial charge in [0.15, 0.2) is 0 Å². The van der Waals surface area contributed by atoms with Gasteiger partial charge in [0.1, 0.15) is 11.1 Å². The monoisotopic (exact) mass is 276 g/mol. The van der Waals surface area contributed by atoms with Crippen LogP contribution in [0.4, 0.5) is 10.1 Å². The minimum Gasteiger partial charge on any atom is -0.392 e. The number of anilines is 1. The van der Waals surface area contributed by atoms with Crippen molar-refractivity contribution < 1.29 is 12.8 Å². The lowest BCUT2D eigenvalue weighted by atomic mass is 10.2. The van der Waals surface area contributed by atoms with E-state index in [9.17, 15) is 12.8 Å². The summed E-state index contributed by atoms with van der Waals surface area (Å²) in [7, 11) is -3.81. The summed E-state index contributed by atoms with van der Waals surface area (Å²) in [5, 5.41) is -1.06. The molecule has 0 bridgehead atoms. The number of hydrogen-bond donors (Lipinski definition) is 2. The van der Waals surface area contributed by atoms with Gasteiger partial charge in [-0.05, 0) is 31.5 Å². The highest BCUT2D eigenvalue weighted by atomic mass is 32.2. The van der Waals surface area contributed by atoms with Crippen LogP contribution in [0.5, 0.6) is 0 Å². The first-order chi connectivity index (χ1) is 7.74. The Hall–Kier alpha value is -1.21. The number of rotatable bonds is 4. The topological polar surface area (TPSA) is 72.2 Å². The van der Waals surface area contributed by atoms with Crippen molar-refractivity contribution in [2.75, 3.05) is 4.72 Å². The predicted octanol–water partition coefficient (Wildman–Crippen LogP) is 1.55. The third-order valence-electron chi connectivity index (χ3n) is 2.24. The van der Waals surface area contributed by atoms with Crippen LogP contribution in [0.1, 0.15) is 12.5 Å². The highest BCUT2D eigenvalue weighted by Crippen LogP contribution is 2.18. The lowest BCUT2D eigenvalue weighted by molar-refractivity contribution is 0.596. The Labute approximate surface area is 105 Å². The molecule has 0 radical (unpaired) electrons. The molecule has 17 heavy (non-hydrogen) atoms. The Balaban J connectivity index is 3.06. The molecule has 1 unspecified atom stereocenters. The molecule has 1 rings (SSSR count). The van der Waals surface area contributed by atoms with Crippen LogP contribution < -0.4 is 10.5 Å². The molecule has 0 fully saturated rings. The standard InChI is InChI=1S/C10H13FN2O2S2/c1-6-3-4-8(11)9(5-6)13-17(14,15)7(2)10(12)16/h3-5,7,13H,1-2H3,(H2,12,16). The summed E-state index contributed by atoms with van der Waals surface area (Å²) in [6.45, 7) is 3.08. The molecule has 0 aliphatic heterocycles. The number of nitrogens with two attached hydrogens (primary N) is 1. The summed E-state index contributed by atoms with van der Waals surface area (Å²) in [5.41, 5.74) is 5.90. The Bertz CT molecular complexity index is 543. The number of thiocarbonyl (C=S) groups is 1. The van der Waals surface area contributed by atoms with E-state index in [0.717, 1.165) is 5.56 Å². The van der Waals surface area contributed by atoms with Crippen LogP contribution in [0.25, 0.3) is 0 Å². The molecule has 7 heteroatoms. The lowest BCUT2D eigenvalue weighted by Crippen LogP contribution is -2.35. The number of hydrogen-bond acceptors (Lipinski definition) is 3. The number of halogens is 1. The molecular formula is C10H13FN2O2S2. The maximum atomic E-state index is 13.4. The SMILES string of the molecule is Cc1ccc(F)c(NS(=O)(=O)C(C)C(N)=S)c1. The zero-order valence-electron chi connectivity index (χ0n) is 9.40. The molecule has 0 aliphatic rings. The van der Waals surface area contributed by atoms with Gasteiger partial charge >= 0.3 is 0 Å². The third kappa shape index (κ3) is 3.37. The van der Waals surface area contributed by atoms with E-state index in [1.165, 1.54) is 19.1 Å². The predicted molar refractivity (Wildman–Crippen MR) is 69.9 cm³/mol. The van der Waals surface area contributed by atoms with Crippen LogP contribution in [0.15, 0.2) is 18.2 Å². The molecule has 94 valence electrons. The van der Waals surface area contributed by atoms with Gasteiger partial charge in [0.05, 0.1) is 10.7 Å². The first-order valence-electron chi connectivity index (χ1n) is 4.81. The maximum Gasteiger partial charge on any atom is 0.241 e. The fourth-order valence-electron chi connectivity index (χ4n) is 1.11.